The molecule has 2 heterocycles. The predicted octanol–water partition coefficient (Wildman–Crippen LogP) is 1.93. The number of fused-ring (bicyclic) bond motifs is 1. The maximum Gasteiger partial charge on any atom is 0.261 e. The van der Waals surface area contributed by atoms with Gasteiger partial charge in [0, 0.05) is 19.4 Å². The molecule has 1 unspecified atom stereocenters. The van der Waals surface area contributed by atoms with Crippen LogP contribution in [0.1, 0.15) is 25.3 Å². The summed E-state index contributed by atoms with van der Waals surface area (Å²) in [4.78, 5) is 16.7. The number of rotatable bonds is 8. The molecule has 2 atom stereocenters. The molecule has 6 heteroatoms. The third kappa shape index (κ3) is 5.05. The van der Waals surface area contributed by atoms with Gasteiger partial charge in [-0.25, -0.2) is 0 Å². The first-order valence-corrected chi connectivity index (χ1v) is 10.9. The fourth-order valence-electron chi connectivity index (χ4n) is 4.35. The van der Waals surface area contributed by atoms with Crippen molar-refractivity contribution in [2.45, 2.75) is 32.4 Å². The number of para-hydroxylation sites is 1. The molecule has 0 bridgehead atoms. The van der Waals surface area contributed by atoms with Gasteiger partial charge in [-0.15, -0.1) is 0 Å². The van der Waals surface area contributed by atoms with Crippen molar-refractivity contribution in [2.24, 2.45) is 0 Å². The van der Waals surface area contributed by atoms with Crippen molar-refractivity contribution in [2.75, 3.05) is 39.5 Å². The van der Waals surface area contributed by atoms with Crippen LogP contribution >= 0.6 is 0 Å². The van der Waals surface area contributed by atoms with E-state index in [1.807, 2.05) is 53.4 Å². The number of likely N-dealkylation sites (tertiary alicyclic amines) is 1. The molecule has 1 amide bonds. The van der Waals surface area contributed by atoms with E-state index in [1.54, 1.807) is 4.90 Å². The molecular weight excluding hydrogens is 380 g/mol. The molecule has 4 rings (SSSR count). The fraction of sp³-hybridized carbons (Fsp3) is 0.458. The van der Waals surface area contributed by atoms with Crippen LogP contribution in [0.15, 0.2) is 48.5 Å². The van der Waals surface area contributed by atoms with Crippen LogP contribution in [0, 0.1) is 0 Å². The van der Waals surface area contributed by atoms with Gasteiger partial charge < -0.3 is 24.0 Å². The van der Waals surface area contributed by atoms with Crippen molar-refractivity contribution in [3.8, 4) is 17.2 Å². The number of carbonyl (C=O) groups is 1. The third-order valence-electron chi connectivity index (χ3n) is 5.96. The lowest BCUT2D eigenvalue weighted by atomic mass is 10.1. The van der Waals surface area contributed by atoms with Crippen molar-refractivity contribution in [1.82, 2.24) is 4.90 Å². The van der Waals surface area contributed by atoms with Gasteiger partial charge >= 0.3 is 0 Å². The summed E-state index contributed by atoms with van der Waals surface area (Å²) in [5.41, 5.74) is 1.04. The van der Waals surface area contributed by atoms with Gasteiger partial charge in [0.15, 0.2) is 18.1 Å². The Morgan fingerprint density at radius 1 is 1.13 bits per heavy atom. The van der Waals surface area contributed by atoms with Crippen molar-refractivity contribution in [3.63, 3.8) is 0 Å². The molecule has 2 aliphatic heterocycles. The largest absolute Gasteiger partial charge is 0.486 e. The van der Waals surface area contributed by atoms with E-state index in [9.17, 15) is 4.79 Å². The normalized spacial score (nSPS) is 20.0. The van der Waals surface area contributed by atoms with E-state index >= 15 is 0 Å². The number of quaternary nitrogens is 1. The summed E-state index contributed by atoms with van der Waals surface area (Å²) in [6.07, 6.45) is 2.38. The Bertz CT molecular complexity index is 842. The number of carbonyl (C=O) groups excluding carboxylic acids is 1. The van der Waals surface area contributed by atoms with Gasteiger partial charge in [-0.05, 0) is 36.8 Å². The Morgan fingerprint density at radius 3 is 2.73 bits per heavy atom. The Labute approximate surface area is 178 Å². The second-order valence-corrected chi connectivity index (χ2v) is 7.95. The molecule has 1 N–H and O–H groups in total. The molecule has 0 saturated carbocycles. The second-order valence-electron chi connectivity index (χ2n) is 7.95. The Balaban J connectivity index is 1.46. The predicted molar refractivity (Wildman–Crippen MR) is 114 cm³/mol. The van der Waals surface area contributed by atoms with Crippen LogP contribution in [-0.2, 0) is 11.3 Å². The van der Waals surface area contributed by atoms with Gasteiger partial charge in [-0.2, -0.15) is 0 Å². The summed E-state index contributed by atoms with van der Waals surface area (Å²) < 4.78 is 17.1. The summed E-state index contributed by atoms with van der Waals surface area (Å²) in [6, 6.07) is 15.9. The molecule has 6 nitrogen and oxygen atoms in total. The molecule has 0 spiro atoms. The number of nitrogens with zero attached hydrogens (tertiary/aromatic N) is 1. The van der Waals surface area contributed by atoms with Crippen LogP contribution in [0.4, 0.5) is 0 Å². The number of likely N-dealkylation sites (N-methyl/N-ethyl adjacent to an activating group) is 1. The Kier molecular flexibility index (Phi) is 6.74. The minimum absolute atomic E-state index is 0.0103. The molecule has 1 fully saturated rings. The van der Waals surface area contributed by atoms with E-state index < -0.39 is 0 Å². The fourth-order valence-corrected chi connectivity index (χ4v) is 4.35. The molecule has 0 radical (unpaired) electrons. The molecule has 160 valence electrons. The maximum absolute atomic E-state index is 13.1. The quantitative estimate of drug-likeness (QED) is 0.721. The summed E-state index contributed by atoms with van der Waals surface area (Å²) in [5.74, 6) is 2.25. The highest BCUT2D eigenvalue weighted by molar-refractivity contribution is 5.77. The van der Waals surface area contributed by atoms with Crippen LogP contribution in [0.5, 0.6) is 17.2 Å². The highest BCUT2D eigenvalue weighted by Crippen LogP contribution is 2.31. The van der Waals surface area contributed by atoms with Gasteiger partial charge in [-0.3, -0.25) is 4.79 Å². The molecule has 2 aromatic carbocycles. The van der Waals surface area contributed by atoms with Crippen LogP contribution < -0.4 is 19.1 Å². The van der Waals surface area contributed by atoms with Crippen molar-refractivity contribution in [1.29, 1.82) is 0 Å². The maximum atomic E-state index is 13.1. The number of nitrogens with one attached hydrogen (secondary N) is 1. The lowest BCUT2D eigenvalue weighted by Gasteiger charge is -2.29. The van der Waals surface area contributed by atoms with E-state index in [1.165, 1.54) is 13.0 Å². The molecular formula is C24H31N2O4+. The van der Waals surface area contributed by atoms with Gasteiger partial charge in [-0.1, -0.05) is 24.3 Å². The average Bonchev–Trinajstić information content (AvgIpc) is 3.25. The summed E-state index contributed by atoms with van der Waals surface area (Å²) in [7, 11) is 0. The zero-order valence-electron chi connectivity index (χ0n) is 17.6. The summed E-state index contributed by atoms with van der Waals surface area (Å²) >= 11 is 0. The average molecular weight is 412 g/mol. The Morgan fingerprint density at radius 2 is 1.93 bits per heavy atom. The topological polar surface area (TPSA) is 52.4 Å². The first kappa shape index (κ1) is 20.5. The zero-order chi connectivity index (χ0) is 20.8. The Hall–Kier alpha value is -2.73. The number of benzene rings is 2. The highest BCUT2D eigenvalue weighted by atomic mass is 16.6. The zero-order valence-corrected chi connectivity index (χ0v) is 17.6. The number of hydrogen-bond donors (Lipinski definition) is 1. The molecule has 2 aliphatic rings. The SMILES string of the molecule is CC[NH+]1CCC[C@H]1CN(Cc1ccc2c(c1)OCCO2)C(=O)COc1ccccc1. The lowest BCUT2D eigenvalue weighted by molar-refractivity contribution is -0.909. The van der Waals surface area contributed by atoms with E-state index in [2.05, 4.69) is 6.92 Å². The monoisotopic (exact) mass is 411 g/mol. The minimum Gasteiger partial charge on any atom is -0.486 e. The van der Waals surface area contributed by atoms with Crippen LogP contribution in [0.3, 0.4) is 0 Å². The lowest BCUT2D eigenvalue weighted by Crippen LogP contribution is -3.14. The molecule has 0 aliphatic carbocycles. The van der Waals surface area contributed by atoms with Crippen molar-refractivity contribution < 1.29 is 23.9 Å². The summed E-state index contributed by atoms with van der Waals surface area (Å²) in [6.45, 7) is 6.97. The van der Waals surface area contributed by atoms with Crippen LogP contribution in [0.2, 0.25) is 0 Å². The second kappa shape index (κ2) is 9.85. The van der Waals surface area contributed by atoms with Gasteiger partial charge in [0.25, 0.3) is 5.91 Å². The molecule has 1 saturated heterocycles. The third-order valence-corrected chi connectivity index (χ3v) is 5.96. The molecule has 0 aromatic heterocycles. The van der Waals surface area contributed by atoms with E-state index in [0.717, 1.165) is 36.6 Å². The van der Waals surface area contributed by atoms with E-state index in [-0.39, 0.29) is 12.5 Å². The van der Waals surface area contributed by atoms with Gasteiger partial charge in [0.1, 0.15) is 25.0 Å². The molecule has 30 heavy (non-hydrogen) atoms. The minimum atomic E-state index is 0.0103. The number of hydrogen-bond acceptors (Lipinski definition) is 4. The standard InChI is InChI=1S/C24H30N2O4/c1-2-25-12-6-7-20(25)17-26(24(27)18-30-21-8-4-3-5-9-21)16-19-10-11-22-23(15-19)29-14-13-28-22/h3-5,8-11,15,20H,2,6-7,12-14,16-18H2,1H3/p+1/t20-/m0/s1. The molecule has 2 aromatic rings. The van der Waals surface area contributed by atoms with Crippen LogP contribution in [-0.4, -0.2) is 56.3 Å². The smallest absolute Gasteiger partial charge is 0.261 e. The van der Waals surface area contributed by atoms with Gasteiger partial charge in [0.05, 0.1) is 19.6 Å². The van der Waals surface area contributed by atoms with Crippen LogP contribution in [0.25, 0.3) is 0 Å². The first-order valence-electron chi connectivity index (χ1n) is 10.9. The number of ether oxygens (including phenoxy) is 3. The first-order chi connectivity index (χ1) is 14.7. The van der Waals surface area contributed by atoms with Crippen molar-refractivity contribution in [3.05, 3.63) is 54.1 Å². The van der Waals surface area contributed by atoms with E-state index in [0.29, 0.717) is 31.5 Å². The van der Waals surface area contributed by atoms with E-state index in [4.69, 9.17) is 14.2 Å². The van der Waals surface area contributed by atoms with Crippen molar-refractivity contribution >= 4 is 5.91 Å². The van der Waals surface area contributed by atoms with Gasteiger partial charge in [0.2, 0.25) is 0 Å². The highest BCUT2D eigenvalue weighted by Gasteiger charge is 2.31. The summed E-state index contributed by atoms with van der Waals surface area (Å²) in [5, 5.41) is 0. The number of amides is 1.